The van der Waals surface area contributed by atoms with Gasteiger partial charge in [0.1, 0.15) is 0 Å². The van der Waals surface area contributed by atoms with Gasteiger partial charge in [-0.25, -0.2) is 0 Å². The Hall–Kier alpha value is -0.510. The lowest BCUT2D eigenvalue weighted by Crippen LogP contribution is -2.28. The maximum absolute atomic E-state index is 10.4. The number of hydrogen-bond donors (Lipinski definition) is 1. The molecule has 2 nitrogen and oxygen atoms in total. The number of hydrogen-bond acceptors (Lipinski definition) is 3. The highest BCUT2D eigenvalue weighted by Crippen LogP contribution is 2.43. The lowest BCUT2D eigenvalue weighted by atomic mass is 9.87. The Labute approximate surface area is 100 Å². The molecular formula is C13H16O2S. The number of ether oxygens (including phenoxy) is 1. The Balaban J connectivity index is 1.81. The summed E-state index contributed by atoms with van der Waals surface area (Å²) in [5.74, 6) is 1.64. The molecule has 0 saturated carbocycles. The molecule has 1 aromatic carbocycles. The standard InChI is InChI=1S/C13H16O2S/c14-13(9-5-6-15-7-9)11-8-16-12-4-2-1-3-10(11)12/h1-4,9,11,13-14H,5-8H2. The lowest BCUT2D eigenvalue weighted by molar-refractivity contribution is 0.0752. The molecule has 0 spiro atoms. The average Bonchev–Trinajstić information content (AvgIpc) is 2.98. The Morgan fingerprint density at radius 2 is 2.25 bits per heavy atom. The summed E-state index contributed by atoms with van der Waals surface area (Å²) in [7, 11) is 0. The van der Waals surface area contributed by atoms with Gasteiger partial charge in [-0.3, -0.25) is 0 Å². The van der Waals surface area contributed by atoms with Crippen LogP contribution in [0.5, 0.6) is 0 Å². The van der Waals surface area contributed by atoms with Crippen LogP contribution in [0.25, 0.3) is 0 Å². The van der Waals surface area contributed by atoms with Crippen molar-refractivity contribution in [2.24, 2.45) is 5.92 Å². The monoisotopic (exact) mass is 236 g/mol. The minimum absolute atomic E-state index is 0.237. The van der Waals surface area contributed by atoms with Gasteiger partial charge in [0.05, 0.1) is 12.7 Å². The number of aliphatic hydroxyl groups is 1. The fraction of sp³-hybridized carbons (Fsp3) is 0.538. The summed E-state index contributed by atoms with van der Waals surface area (Å²) in [6.45, 7) is 1.54. The molecule has 1 N–H and O–H groups in total. The van der Waals surface area contributed by atoms with Gasteiger partial charge in [-0.15, -0.1) is 11.8 Å². The second kappa shape index (κ2) is 4.40. The molecule has 3 rings (SSSR count). The van der Waals surface area contributed by atoms with Gasteiger partial charge >= 0.3 is 0 Å². The van der Waals surface area contributed by atoms with Crippen LogP contribution in [0.15, 0.2) is 29.2 Å². The molecule has 16 heavy (non-hydrogen) atoms. The van der Waals surface area contributed by atoms with Crippen LogP contribution in [-0.4, -0.2) is 30.2 Å². The van der Waals surface area contributed by atoms with Gasteiger partial charge in [0, 0.05) is 29.1 Å². The molecular weight excluding hydrogens is 220 g/mol. The van der Waals surface area contributed by atoms with Crippen LogP contribution in [0.1, 0.15) is 17.9 Å². The Morgan fingerprint density at radius 1 is 1.38 bits per heavy atom. The Kier molecular flexibility index (Phi) is 2.92. The van der Waals surface area contributed by atoms with Crippen molar-refractivity contribution in [3.8, 4) is 0 Å². The number of rotatable bonds is 2. The third-order valence-electron chi connectivity index (χ3n) is 3.60. The Bertz CT molecular complexity index is 374. The first-order chi connectivity index (χ1) is 7.86. The maximum atomic E-state index is 10.4. The summed E-state index contributed by atoms with van der Waals surface area (Å²) in [6, 6.07) is 8.44. The van der Waals surface area contributed by atoms with Crippen molar-refractivity contribution in [3.05, 3.63) is 29.8 Å². The van der Waals surface area contributed by atoms with E-state index < -0.39 is 0 Å². The summed E-state index contributed by atoms with van der Waals surface area (Å²) >= 11 is 1.86. The molecule has 0 aromatic heterocycles. The number of fused-ring (bicyclic) bond motifs is 1. The molecule has 0 bridgehead atoms. The van der Waals surface area contributed by atoms with E-state index in [4.69, 9.17) is 4.74 Å². The molecule has 2 aliphatic rings. The number of benzene rings is 1. The fourth-order valence-corrected chi connectivity index (χ4v) is 3.92. The zero-order valence-corrected chi connectivity index (χ0v) is 9.95. The molecule has 0 aliphatic carbocycles. The van der Waals surface area contributed by atoms with Crippen LogP contribution in [0.2, 0.25) is 0 Å². The smallest absolute Gasteiger partial charge is 0.0668 e. The van der Waals surface area contributed by atoms with E-state index in [9.17, 15) is 5.11 Å². The normalized spacial score (nSPS) is 30.3. The van der Waals surface area contributed by atoms with Gasteiger partial charge < -0.3 is 9.84 Å². The number of thioether (sulfide) groups is 1. The highest BCUT2D eigenvalue weighted by atomic mass is 32.2. The van der Waals surface area contributed by atoms with Crippen LogP contribution < -0.4 is 0 Å². The molecule has 3 heteroatoms. The van der Waals surface area contributed by atoms with Gasteiger partial charge in [0.15, 0.2) is 0 Å². The summed E-state index contributed by atoms with van der Waals surface area (Å²) in [6.07, 6.45) is 0.767. The summed E-state index contributed by atoms with van der Waals surface area (Å²) in [5.41, 5.74) is 1.33. The number of aliphatic hydroxyl groups excluding tert-OH is 1. The third-order valence-corrected chi connectivity index (χ3v) is 4.81. The quantitative estimate of drug-likeness (QED) is 0.854. The summed E-state index contributed by atoms with van der Waals surface area (Å²) in [5, 5.41) is 10.4. The largest absolute Gasteiger partial charge is 0.392 e. The van der Waals surface area contributed by atoms with Crippen molar-refractivity contribution in [2.75, 3.05) is 19.0 Å². The predicted octanol–water partition coefficient (Wildman–Crippen LogP) is 2.27. The van der Waals surface area contributed by atoms with Crippen LogP contribution in [0.4, 0.5) is 0 Å². The molecule has 86 valence electrons. The van der Waals surface area contributed by atoms with Crippen molar-refractivity contribution in [2.45, 2.75) is 23.3 Å². The molecule has 3 atom stereocenters. The topological polar surface area (TPSA) is 29.5 Å². The van der Waals surface area contributed by atoms with Gasteiger partial charge in [0.2, 0.25) is 0 Å². The van der Waals surface area contributed by atoms with E-state index in [1.165, 1.54) is 10.5 Å². The van der Waals surface area contributed by atoms with Crippen LogP contribution in [0.3, 0.4) is 0 Å². The van der Waals surface area contributed by atoms with E-state index in [1.54, 1.807) is 0 Å². The van der Waals surface area contributed by atoms with E-state index in [-0.39, 0.29) is 6.10 Å². The van der Waals surface area contributed by atoms with Gasteiger partial charge in [0.25, 0.3) is 0 Å². The molecule has 3 unspecified atom stereocenters. The van der Waals surface area contributed by atoms with Crippen molar-refractivity contribution in [1.82, 2.24) is 0 Å². The van der Waals surface area contributed by atoms with Crippen molar-refractivity contribution in [1.29, 1.82) is 0 Å². The van der Waals surface area contributed by atoms with E-state index >= 15 is 0 Å². The molecule has 0 radical (unpaired) electrons. The summed E-state index contributed by atoms with van der Waals surface area (Å²) in [4.78, 5) is 1.34. The van der Waals surface area contributed by atoms with E-state index in [1.807, 2.05) is 11.8 Å². The Morgan fingerprint density at radius 3 is 3.06 bits per heavy atom. The first-order valence-electron chi connectivity index (χ1n) is 5.84. The van der Waals surface area contributed by atoms with E-state index in [0.717, 1.165) is 25.4 Å². The van der Waals surface area contributed by atoms with Gasteiger partial charge in [-0.05, 0) is 18.1 Å². The minimum Gasteiger partial charge on any atom is -0.392 e. The highest BCUT2D eigenvalue weighted by molar-refractivity contribution is 7.99. The first kappa shape index (κ1) is 10.6. The first-order valence-corrected chi connectivity index (χ1v) is 6.82. The zero-order valence-electron chi connectivity index (χ0n) is 9.13. The van der Waals surface area contributed by atoms with Crippen molar-refractivity contribution >= 4 is 11.8 Å². The fourth-order valence-electron chi connectivity index (χ4n) is 2.62. The van der Waals surface area contributed by atoms with E-state index in [2.05, 4.69) is 24.3 Å². The highest BCUT2D eigenvalue weighted by Gasteiger charge is 2.35. The third kappa shape index (κ3) is 1.77. The SMILES string of the molecule is OC(C1CCOC1)C1CSc2ccccc21. The molecule has 1 fully saturated rings. The molecule has 2 aliphatic heterocycles. The predicted molar refractivity (Wildman–Crippen MR) is 64.8 cm³/mol. The van der Waals surface area contributed by atoms with Crippen LogP contribution in [-0.2, 0) is 4.74 Å². The summed E-state index contributed by atoms with van der Waals surface area (Å²) < 4.78 is 5.36. The molecule has 0 amide bonds. The van der Waals surface area contributed by atoms with Gasteiger partial charge in [-0.2, -0.15) is 0 Å². The second-order valence-corrected chi connectivity index (χ2v) is 5.63. The zero-order chi connectivity index (χ0) is 11.0. The molecule has 1 saturated heterocycles. The van der Waals surface area contributed by atoms with Crippen molar-refractivity contribution in [3.63, 3.8) is 0 Å². The molecule has 2 heterocycles. The van der Waals surface area contributed by atoms with Gasteiger partial charge in [-0.1, -0.05) is 18.2 Å². The maximum Gasteiger partial charge on any atom is 0.0668 e. The van der Waals surface area contributed by atoms with Crippen LogP contribution >= 0.6 is 11.8 Å². The van der Waals surface area contributed by atoms with Crippen molar-refractivity contribution < 1.29 is 9.84 Å². The van der Waals surface area contributed by atoms with Crippen LogP contribution in [0, 0.1) is 5.92 Å². The minimum atomic E-state index is -0.237. The lowest BCUT2D eigenvalue weighted by Gasteiger charge is -2.23. The molecule has 1 aromatic rings. The van der Waals surface area contributed by atoms with E-state index in [0.29, 0.717) is 11.8 Å². The average molecular weight is 236 g/mol. The second-order valence-electron chi connectivity index (χ2n) is 4.57.